The van der Waals surface area contributed by atoms with Crippen molar-refractivity contribution in [2.24, 2.45) is 0 Å². The Morgan fingerprint density at radius 2 is 1.93 bits per heavy atom. The molecule has 0 atom stereocenters. The summed E-state index contributed by atoms with van der Waals surface area (Å²) in [7, 11) is 5.06. The van der Waals surface area contributed by atoms with Gasteiger partial charge in [0.2, 0.25) is 0 Å². The molecular formula is C10H13Cl2NO2. The van der Waals surface area contributed by atoms with E-state index >= 15 is 0 Å². The van der Waals surface area contributed by atoms with E-state index in [1.807, 2.05) is 11.9 Å². The lowest BCUT2D eigenvalue weighted by Gasteiger charge is -2.21. The fourth-order valence-corrected chi connectivity index (χ4v) is 1.86. The van der Waals surface area contributed by atoms with Crippen LogP contribution < -0.4 is 9.64 Å². The average Bonchev–Trinajstić information content (AvgIpc) is 2.17. The molecule has 15 heavy (non-hydrogen) atoms. The highest BCUT2D eigenvalue weighted by atomic mass is 35.5. The van der Waals surface area contributed by atoms with Crippen molar-refractivity contribution >= 4 is 28.9 Å². The Morgan fingerprint density at radius 3 is 2.47 bits per heavy atom. The molecule has 0 bridgehead atoms. The molecule has 0 unspecified atom stereocenters. The molecule has 5 heteroatoms. The van der Waals surface area contributed by atoms with Gasteiger partial charge in [-0.3, -0.25) is 0 Å². The van der Waals surface area contributed by atoms with E-state index in [0.29, 0.717) is 22.5 Å². The lowest BCUT2D eigenvalue weighted by molar-refractivity contribution is 0.201. The summed E-state index contributed by atoms with van der Waals surface area (Å²) in [5.74, 6) is 0.598. The summed E-state index contributed by atoms with van der Waals surface area (Å²) in [6.07, 6.45) is 0. The van der Waals surface area contributed by atoms with Gasteiger partial charge in [-0.15, -0.1) is 0 Å². The lowest BCUT2D eigenvalue weighted by atomic mass is 10.2. The molecule has 0 aliphatic heterocycles. The van der Waals surface area contributed by atoms with E-state index in [-0.39, 0.29) is 0 Å². The van der Waals surface area contributed by atoms with Crippen LogP contribution in [0.1, 0.15) is 0 Å². The number of anilines is 1. The third-order valence-corrected chi connectivity index (χ3v) is 2.43. The highest BCUT2D eigenvalue weighted by Gasteiger charge is 2.13. The number of nitrogens with zero attached hydrogens (tertiary/aromatic N) is 1. The quantitative estimate of drug-likeness (QED) is 0.766. The van der Waals surface area contributed by atoms with Crippen molar-refractivity contribution in [1.82, 2.24) is 0 Å². The molecule has 0 radical (unpaired) electrons. The molecule has 0 saturated heterocycles. The maximum atomic E-state index is 6.00. The third kappa shape index (κ3) is 2.91. The predicted molar refractivity (Wildman–Crippen MR) is 63.3 cm³/mol. The first kappa shape index (κ1) is 12.4. The Kier molecular flexibility index (Phi) is 4.51. The molecule has 1 rings (SSSR count). The van der Waals surface area contributed by atoms with Gasteiger partial charge in [0.15, 0.2) is 5.75 Å². The number of benzene rings is 1. The molecule has 0 aromatic heterocycles. The molecule has 0 fully saturated rings. The zero-order chi connectivity index (χ0) is 11.4. The molecular weight excluding hydrogens is 237 g/mol. The Bertz CT molecular complexity index is 344. The first-order valence-corrected chi connectivity index (χ1v) is 5.08. The minimum absolute atomic E-state index is 0.438. The van der Waals surface area contributed by atoms with E-state index in [2.05, 4.69) is 0 Å². The Hall–Kier alpha value is -0.640. The molecule has 0 amide bonds. The highest BCUT2D eigenvalue weighted by molar-refractivity contribution is 6.36. The second-order valence-electron chi connectivity index (χ2n) is 3.06. The monoisotopic (exact) mass is 249 g/mol. The molecule has 0 aliphatic carbocycles. The minimum Gasteiger partial charge on any atom is -0.493 e. The first-order valence-electron chi connectivity index (χ1n) is 4.33. The van der Waals surface area contributed by atoms with Crippen LogP contribution in [-0.4, -0.2) is 28.0 Å². The average molecular weight is 250 g/mol. The molecule has 0 aliphatic rings. The summed E-state index contributed by atoms with van der Waals surface area (Å²) in [6.45, 7) is 0.438. The number of ether oxygens (including phenoxy) is 2. The molecule has 0 saturated carbocycles. The van der Waals surface area contributed by atoms with Crippen LogP contribution in [-0.2, 0) is 4.74 Å². The van der Waals surface area contributed by atoms with Crippen LogP contribution >= 0.6 is 23.2 Å². The molecule has 3 nitrogen and oxygen atoms in total. The van der Waals surface area contributed by atoms with E-state index in [1.165, 1.54) is 0 Å². The van der Waals surface area contributed by atoms with Crippen molar-refractivity contribution in [3.8, 4) is 5.75 Å². The van der Waals surface area contributed by atoms with Gasteiger partial charge in [-0.1, -0.05) is 23.2 Å². The van der Waals surface area contributed by atoms with Crippen LogP contribution in [0, 0.1) is 0 Å². The van der Waals surface area contributed by atoms with Crippen LogP contribution in [0.3, 0.4) is 0 Å². The van der Waals surface area contributed by atoms with Crippen molar-refractivity contribution in [2.45, 2.75) is 0 Å². The zero-order valence-electron chi connectivity index (χ0n) is 8.88. The largest absolute Gasteiger partial charge is 0.493 e. The van der Waals surface area contributed by atoms with Crippen molar-refractivity contribution in [3.05, 3.63) is 22.2 Å². The van der Waals surface area contributed by atoms with Gasteiger partial charge in [0.05, 0.1) is 17.8 Å². The third-order valence-electron chi connectivity index (χ3n) is 1.93. The summed E-state index contributed by atoms with van der Waals surface area (Å²) >= 11 is 11.9. The summed E-state index contributed by atoms with van der Waals surface area (Å²) < 4.78 is 10.2. The fraction of sp³-hybridized carbons (Fsp3) is 0.400. The summed E-state index contributed by atoms with van der Waals surface area (Å²) in [5.41, 5.74) is 0.803. The van der Waals surface area contributed by atoms with Crippen LogP contribution in [0.4, 0.5) is 5.69 Å². The Morgan fingerprint density at radius 1 is 1.27 bits per heavy atom. The van der Waals surface area contributed by atoms with Gasteiger partial charge in [0.1, 0.15) is 6.73 Å². The lowest BCUT2D eigenvalue weighted by Crippen LogP contribution is -2.20. The summed E-state index contributed by atoms with van der Waals surface area (Å²) in [5, 5.41) is 1.06. The summed E-state index contributed by atoms with van der Waals surface area (Å²) in [6, 6.07) is 3.43. The van der Waals surface area contributed by atoms with Crippen molar-refractivity contribution in [1.29, 1.82) is 0 Å². The molecule has 0 spiro atoms. The van der Waals surface area contributed by atoms with Crippen molar-refractivity contribution in [2.75, 3.05) is 32.9 Å². The van der Waals surface area contributed by atoms with E-state index in [1.54, 1.807) is 26.4 Å². The Labute approximate surface area is 99.5 Å². The van der Waals surface area contributed by atoms with Crippen LogP contribution in [0.5, 0.6) is 5.75 Å². The molecule has 84 valence electrons. The second kappa shape index (κ2) is 5.45. The van der Waals surface area contributed by atoms with Gasteiger partial charge in [-0.25, -0.2) is 0 Å². The van der Waals surface area contributed by atoms with Gasteiger partial charge in [-0.2, -0.15) is 0 Å². The van der Waals surface area contributed by atoms with Gasteiger partial charge in [0.25, 0.3) is 0 Å². The molecule has 0 heterocycles. The van der Waals surface area contributed by atoms with E-state index in [4.69, 9.17) is 32.7 Å². The number of halogens is 2. The Balaban J connectivity index is 3.13. The summed E-state index contributed by atoms with van der Waals surface area (Å²) in [4.78, 5) is 1.86. The van der Waals surface area contributed by atoms with Gasteiger partial charge < -0.3 is 14.4 Å². The maximum Gasteiger partial charge on any atom is 0.160 e. The van der Waals surface area contributed by atoms with Gasteiger partial charge in [-0.05, 0) is 12.1 Å². The topological polar surface area (TPSA) is 21.7 Å². The van der Waals surface area contributed by atoms with E-state index < -0.39 is 0 Å². The van der Waals surface area contributed by atoms with Crippen molar-refractivity contribution < 1.29 is 9.47 Å². The maximum absolute atomic E-state index is 6.00. The predicted octanol–water partition coefficient (Wildman–Crippen LogP) is 3.04. The second-order valence-corrected chi connectivity index (χ2v) is 3.90. The van der Waals surface area contributed by atoms with Crippen molar-refractivity contribution in [3.63, 3.8) is 0 Å². The van der Waals surface area contributed by atoms with E-state index in [0.717, 1.165) is 5.69 Å². The van der Waals surface area contributed by atoms with Crippen LogP contribution in [0.2, 0.25) is 10.0 Å². The van der Waals surface area contributed by atoms with Gasteiger partial charge >= 0.3 is 0 Å². The number of hydrogen-bond acceptors (Lipinski definition) is 3. The molecule has 1 aromatic rings. The minimum atomic E-state index is 0.438. The molecule has 0 N–H and O–H groups in total. The van der Waals surface area contributed by atoms with Gasteiger partial charge in [0, 0.05) is 19.2 Å². The highest BCUT2D eigenvalue weighted by Crippen LogP contribution is 2.37. The fourth-order valence-electron chi connectivity index (χ4n) is 1.30. The normalized spacial score (nSPS) is 10.2. The number of rotatable bonds is 4. The standard InChI is InChI=1S/C10H13Cl2NO2/c1-13(6-14-2)9-5-7(11)4-8(12)10(9)15-3/h4-5H,6H2,1-3H3. The van der Waals surface area contributed by atoms with Crippen LogP contribution in [0.25, 0.3) is 0 Å². The van der Waals surface area contributed by atoms with Crippen LogP contribution in [0.15, 0.2) is 12.1 Å². The zero-order valence-corrected chi connectivity index (χ0v) is 10.4. The smallest absolute Gasteiger partial charge is 0.160 e. The van der Waals surface area contributed by atoms with E-state index in [9.17, 15) is 0 Å². The SMILES string of the molecule is COCN(C)c1cc(Cl)cc(Cl)c1OC. The number of methoxy groups -OCH3 is 2. The first-order chi connectivity index (χ1) is 7.10. The number of hydrogen-bond donors (Lipinski definition) is 0. The molecule has 1 aromatic carbocycles.